The fourth-order valence-electron chi connectivity index (χ4n) is 4.14. The van der Waals surface area contributed by atoms with Gasteiger partial charge in [0.05, 0.1) is 10.6 Å². The average molecular weight is 536 g/mol. The Balaban J connectivity index is 2.02. The first-order valence-electron chi connectivity index (χ1n) is 12.9. The number of sulfonamides is 1. The minimum atomic E-state index is -4.06. The van der Waals surface area contributed by atoms with Crippen LogP contribution in [0.25, 0.3) is 0 Å². The van der Waals surface area contributed by atoms with Crippen LogP contribution in [0, 0.1) is 13.8 Å². The molecule has 8 heteroatoms. The summed E-state index contributed by atoms with van der Waals surface area (Å²) >= 11 is 0. The first kappa shape index (κ1) is 28.9. The molecule has 0 saturated heterocycles. The van der Waals surface area contributed by atoms with E-state index in [-0.39, 0.29) is 17.3 Å². The second kappa shape index (κ2) is 13.2. The molecule has 38 heavy (non-hydrogen) atoms. The average Bonchev–Trinajstić information content (AvgIpc) is 2.92. The molecule has 7 nitrogen and oxygen atoms in total. The van der Waals surface area contributed by atoms with E-state index in [4.69, 9.17) is 0 Å². The van der Waals surface area contributed by atoms with Crippen molar-refractivity contribution in [3.63, 3.8) is 0 Å². The zero-order chi connectivity index (χ0) is 27.7. The van der Waals surface area contributed by atoms with Crippen LogP contribution in [0.2, 0.25) is 0 Å². The monoisotopic (exact) mass is 535 g/mol. The lowest BCUT2D eigenvalue weighted by Gasteiger charge is -2.33. The van der Waals surface area contributed by atoms with Gasteiger partial charge in [0.2, 0.25) is 11.8 Å². The number of amides is 2. The van der Waals surface area contributed by atoms with Crippen molar-refractivity contribution in [2.75, 3.05) is 17.4 Å². The molecule has 0 aliphatic heterocycles. The largest absolute Gasteiger partial charge is 0.354 e. The number of carbonyl (C=O) groups is 2. The van der Waals surface area contributed by atoms with E-state index in [0.29, 0.717) is 18.7 Å². The molecule has 3 aromatic rings. The quantitative estimate of drug-likeness (QED) is 0.360. The summed E-state index contributed by atoms with van der Waals surface area (Å²) in [6.07, 6.45) is 1.16. The van der Waals surface area contributed by atoms with Gasteiger partial charge in [-0.05, 0) is 56.5 Å². The number of benzene rings is 3. The lowest BCUT2D eigenvalue weighted by molar-refractivity contribution is -0.140. The second-order valence-electron chi connectivity index (χ2n) is 9.38. The Kier molecular flexibility index (Phi) is 10.1. The van der Waals surface area contributed by atoms with E-state index in [1.165, 1.54) is 17.0 Å². The third-order valence-corrected chi connectivity index (χ3v) is 8.13. The molecule has 0 aliphatic rings. The van der Waals surface area contributed by atoms with Crippen LogP contribution in [-0.2, 0) is 26.2 Å². The number of aryl methyl sites for hydroxylation is 2. The summed E-state index contributed by atoms with van der Waals surface area (Å²) in [6, 6.07) is 22.1. The normalized spacial score (nSPS) is 12.0. The van der Waals surface area contributed by atoms with Crippen LogP contribution in [0.1, 0.15) is 43.4 Å². The van der Waals surface area contributed by atoms with Crippen LogP contribution in [0.3, 0.4) is 0 Å². The molecular formula is C30H37N3O4S. The third-order valence-electron chi connectivity index (χ3n) is 6.34. The van der Waals surface area contributed by atoms with Gasteiger partial charge >= 0.3 is 0 Å². The highest BCUT2D eigenvalue weighted by atomic mass is 32.2. The highest BCUT2D eigenvalue weighted by Crippen LogP contribution is 2.25. The van der Waals surface area contributed by atoms with Gasteiger partial charge in [0.15, 0.2) is 0 Å². The van der Waals surface area contributed by atoms with Crippen LogP contribution < -0.4 is 9.62 Å². The molecule has 1 N–H and O–H groups in total. The van der Waals surface area contributed by atoms with Crippen LogP contribution in [0.4, 0.5) is 5.69 Å². The SMILES string of the molecule is CCCNC(=O)C(CC)N(Cc1ccc(C)cc1)C(=O)CN(c1ccc(C)cc1)S(=O)(=O)c1ccccc1. The number of hydrogen-bond donors (Lipinski definition) is 1. The predicted molar refractivity (Wildman–Crippen MR) is 151 cm³/mol. The number of nitrogens with one attached hydrogen (secondary N) is 1. The smallest absolute Gasteiger partial charge is 0.264 e. The van der Waals surface area contributed by atoms with Gasteiger partial charge in [-0.15, -0.1) is 0 Å². The van der Waals surface area contributed by atoms with Gasteiger partial charge in [-0.2, -0.15) is 0 Å². The Bertz CT molecular complexity index is 1310. The fourth-order valence-corrected chi connectivity index (χ4v) is 5.57. The molecule has 0 radical (unpaired) electrons. The van der Waals surface area contributed by atoms with Crippen molar-refractivity contribution in [3.8, 4) is 0 Å². The van der Waals surface area contributed by atoms with E-state index in [1.54, 1.807) is 30.3 Å². The van der Waals surface area contributed by atoms with E-state index >= 15 is 0 Å². The number of anilines is 1. The summed E-state index contributed by atoms with van der Waals surface area (Å²) in [6.45, 7) is 7.95. The fraction of sp³-hybridized carbons (Fsp3) is 0.333. The van der Waals surface area contributed by atoms with E-state index < -0.39 is 28.5 Å². The molecule has 0 aromatic heterocycles. The number of hydrogen-bond acceptors (Lipinski definition) is 4. The molecule has 0 heterocycles. The van der Waals surface area contributed by atoms with Crippen molar-refractivity contribution in [3.05, 3.63) is 95.6 Å². The van der Waals surface area contributed by atoms with E-state index in [9.17, 15) is 18.0 Å². The number of rotatable bonds is 12. The highest BCUT2D eigenvalue weighted by molar-refractivity contribution is 7.92. The van der Waals surface area contributed by atoms with E-state index in [0.717, 1.165) is 27.4 Å². The maximum absolute atomic E-state index is 14.0. The predicted octanol–water partition coefficient (Wildman–Crippen LogP) is 4.83. The van der Waals surface area contributed by atoms with Crippen LogP contribution >= 0.6 is 0 Å². The molecule has 1 unspecified atom stereocenters. The summed E-state index contributed by atoms with van der Waals surface area (Å²) in [4.78, 5) is 28.6. The van der Waals surface area contributed by atoms with Gasteiger partial charge in [-0.25, -0.2) is 8.42 Å². The highest BCUT2D eigenvalue weighted by Gasteiger charge is 2.33. The minimum absolute atomic E-state index is 0.0891. The van der Waals surface area contributed by atoms with Gasteiger partial charge < -0.3 is 10.2 Å². The Labute approximate surface area is 226 Å². The first-order valence-corrected chi connectivity index (χ1v) is 14.4. The standard InChI is InChI=1S/C30H37N3O4S/c1-5-20-31-30(35)28(6-2)32(21-25-16-12-23(3)13-17-25)29(34)22-33(26-18-14-24(4)15-19-26)38(36,37)27-10-8-7-9-11-27/h7-19,28H,5-6,20-22H2,1-4H3,(H,31,35). The zero-order valence-electron chi connectivity index (χ0n) is 22.6. The Morgan fingerprint density at radius 1 is 0.842 bits per heavy atom. The maximum atomic E-state index is 14.0. The molecule has 202 valence electrons. The first-order chi connectivity index (χ1) is 18.2. The van der Waals surface area contributed by atoms with Crippen molar-refractivity contribution >= 4 is 27.5 Å². The number of carbonyl (C=O) groups excluding carboxylic acids is 2. The Hall–Kier alpha value is -3.65. The van der Waals surface area contributed by atoms with Gasteiger partial charge in [0.1, 0.15) is 12.6 Å². The van der Waals surface area contributed by atoms with Crippen molar-refractivity contribution in [1.82, 2.24) is 10.2 Å². The summed E-state index contributed by atoms with van der Waals surface area (Å²) in [5.41, 5.74) is 3.29. The van der Waals surface area contributed by atoms with Gasteiger partial charge in [-0.3, -0.25) is 13.9 Å². The second-order valence-corrected chi connectivity index (χ2v) is 11.2. The van der Waals surface area contributed by atoms with Crippen LogP contribution in [-0.4, -0.2) is 44.3 Å². The Morgan fingerprint density at radius 2 is 1.42 bits per heavy atom. The lowest BCUT2D eigenvalue weighted by atomic mass is 10.1. The van der Waals surface area contributed by atoms with Gasteiger partial charge in [0.25, 0.3) is 10.0 Å². The van der Waals surface area contributed by atoms with E-state index in [2.05, 4.69) is 5.32 Å². The molecule has 0 saturated carbocycles. The maximum Gasteiger partial charge on any atom is 0.264 e. The lowest BCUT2D eigenvalue weighted by Crippen LogP contribution is -2.52. The van der Waals surface area contributed by atoms with Crippen molar-refractivity contribution < 1.29 is 18.0 Å². The molecule has 3 aromatic carbocycles. The number of nitrogens with zero attached hydrogens (tertiary/aromatic N) is 2. The molecule has 1 atom stereocenters. The summed E-state index contributed by atoms with van der Waals surface area (Å²) in [5.74, 6) is -0.702. The summed E-state index contributed by atoms with van der Waals surface area (Å²) < 4.78 is 28.7. The molecule has 0 aliphatic carbocycles. The van der Waals surface area contributed by atoms with Crippen molar-refractivity contribution in [1.29, 1.82) is 0 Å². The Morgan fingerprint density at radius 3 is 1.97 bits per heavy atom. The van der Waals surface area contributed by atoms with Crippen molar-refractivity contribution in [2.45, 2.75) is 58.0 Å². The third kappa shape index (κ3) is 7.22. The van der Waals surface area contributed by atoms with Crippen molar-refractivity contribution in [2.24, 2.45) is 0 Å². The topological polar surface area (TPSA) is 86.8 Å². The van der Waals surface area contributed by atoms with Gasteiger partial charge in [-0.1, -0.05) is 79.6 Å². The summed E-state index contributed by atoms with van der Waals surface area (Å²) in [7, 11) is -4.06. The minimum Gasteiger partial charge on any atom is -0.354 e. The molecule has 0 fully saturated rings. The van der Waals surface area contributed by atoms with Crippen LogP contribution in [0.5, 0.6) is 0 Å². The van der Waals surface area contributed by atoms with E-state index in [1.807, 2.05) is 64.1 Å². The molecule has 2 amide bonds. The zero-order valence-corrected chi connectivity index (χ0v) is 23.4. The molecule has 0 bridgehead atoms. The molecule has 0 spiro atoms. The van der Waals surface area contributed by atoms with Gasteiger partial charge in [0, 0.05) is 13.1 Å². The molecular weight excluding hydrogens is 498 g/mol. The molecule has 3 rings (SSSR count). The van der Waals surface area contributed by atoms with Crippen LogP contribution in [0.15, 0.2) is 83.8 Å². The summed E-state index contributed by atoms with van der Waals surface area (Å²) in [5, 5.41) is 2.90.